The maximum absolute atomic E-state index is 13.0. The summed E-state index contributed by atoms with van der Waals surface area (Å²) in [6.07, 6.45) is 9.01. The maximum Gasteiger partial charge on any atom is 0.322 e. The molecule has 1 aliphatic carbocycles. The molecule has 34 heavy (non-hydrogen) atoms. The highest BCUT2D eigenvalue weighted by atomic mass is 16.2. The minimum absolute atomic E-state index is 0.0118. The van der Waals surface area contributed by atoms with Gasteiger partial charge < -0.3 is 5.32 Å². The van der Waals surface area contributed by atoms with E-state index >= 15 is 0 Å². The van der Waals surface area contributed by atoms with Gasteiger partial charge in [0.25, 0.3) is 5.95 Å². The van der Waals surface area contributed by atoms with E-state index in [0.29, 0.717) is 18.2 Å². The number of carbonyl (C=O) groups excluding carboxylic acids is 1. The Morgan fingerprint density at radius 2 is 1.71 bits per heavy atom. The third-order valence-electron chi connectivity index (χ3n) is 7.52. The van der Waals surface area contributed by atoms with Gasteiger partial charge in [0.1, 0.15) is 0 Å². The lowest BCUT2D eigenvalue weighted by Gasteiger charge is -2.48. The van der Waals surface area contributed by atoms with Crippen molar-refractivity contribution in [2.75, 3.05) is 25.5 Å². The molecule has 1 aliphatic heterocycles. The molecule has 1 N–H and O–H groups in total. The van der Waals surface area contributed by atoms with Gasteiger partial charge in [0, 0.05) is 5.54 Å². The molecular formula is C25H32N8O. The predicted octanol–water partition coefficient (Wildman–Crippen LogP) is 3.48. The van der Waals surface area contributed by atoms with Crippen LogP contribution in [0.15, 0.2) is 48.9 Å². The zero-order valence-corrected chi connectivity index (χ0v) is 20.3. The van der Waals surface area contributed by atoms with Crippen molar-refractivity contribution in [2.24, 2.45) is 0 Å². The number of hydrogen-bond acceptors (Lipinski definition) is 6. The zero-order chi connectivity index (χ0) is 23.9. The maximum atomic E-state index is 13.0. The molecule has 3 heterocycles. The van der Waals surface area contributed by atoms with Crippen LogP contribution < -0.4 is 10.2 Å². The number of hydrogen-bond donors (Lipinski definition) is 1. The fourth-order valence-electron chi connectivity index (χ4n) is 5.30. The Balaban J connectivity index is 1.31. The van der Waals surface area contributed by atoms with Crippen LogP contribution in [0.2, 0.25) is 0 Å². The average Bonchev–Trinajstić information content (AvgIpc) is 3.46. The van der Waals surface area contributed by atoms with Crippen LogP contribution in [0.4, 0.5) is 10.5 Å². The second-order valence-corrected chi connectivity index (χ2v) is 10.1. The molecule has 1 spiro atoms. The van der Waals surface area contributed by atoms with Crippen molar-refractivity contribution in [3.8, 4) is 5.95 Å². The number of amides is 2. The summed E-state index contributed by atoms with van der Waals surface area (Å²) in [5.41, 5.74) is 2.67. The molecule has 9 nitrogen and oxygen atoms in total. The van der Waals surface area contributed by atoms with Gasteiger partial charge >= 0.3 is 6.03 Å². The van der Waals surface area contributed by atoms with Crippen molar-refractivity contribution in [3.63, 3.8) is 0 Å². The Kier molecular flexibility index (Phi) is 5.59. The van der Waals surface area contributed by atoms with Crippen molar-refractivity contribution >= 4 is 11.7 Å². The van der Waals surface area contributed by atoms with Crippen LogP contribution in [0.1, 0.15) is 56.7 Å². The normalized spacial score (nSPS) is 24.9. The lowest BCUT2D eigenvalue weighted by molar-refractivity contribution is 0.0658. The van der Waals surface area contributed by atoms with Gasteiger partial charge in [0.05, 0.1) is 42.1 Å². The minimum atomic E-state index is -0.234. The third kappa shape index (κ3) is 3.83. The van der Waals surface area contributed by atoms with Crippen molar-refractivity contribution in [3.05, 3.63) is 60.2 Å². The quantitative estimate of drug-likeness (QED) is 0.627. The molecule has 0 atom stereocenters. The first kappa shape index (κ1) is 22.5. The summed E-state index contributed by atoms with van der Waals surface area (Å²) in [6.45, 7) is 4.75. The number of nitrogens with zero attached hydrogens (tertiary/aromatic N) is 7. The van der Waals surface area contributed by atoms with Crippen molar-refractivity contribution in [1.82, 2.24) is 35.2 Å². The first-order valence-corrected chi connectivity index (χ1v) is 11.9. The van der Waals surface area contributed by atoms with Gasteiger partial charge in [-0.2, -0.15) is 4.68 Å². The highest BCUT2D eigenvalue weighted by Crippen LogP contribution is 2.46. The van der Waals surface area contributed by atoms with E-state index in [0.717, 1.165) is 31.4 Å². The monoisotopic (exact) mass is 460 g/mol. The molecule has 178 valence electrons. The van der Waals surface area contributed by atoms with E-state index in [4.69, 9.17) is 0 Å². The summed E-state index contributed by atoms with van der Waals surface area (Å²) in [4.78, 5) is 25.9. The number of nitrogens with one attached hydrogen (secondary N) is 1. The van der Waals surface area contributed by atoms with Gasteiger partial charge in [-0.25, -0.2) is 14.8 Å². The number of benzene rings is 1. The molecule has 0 bridgehead atoms. The Morgan fingerprint density at radius 1 is 1.03 bits per heavy atom. The van der Waals surface area contributed by atoms with Crippen molar-refractivity contribution < 1.29 is 4.79 Å². The molecule has 2 aliphatic rings. The number of carbonyl (C=O) groups is 1. The van der Waals surface area contributed by atoms with Crippen LogP contribution in [0.5, 0.6) is 0 Å². The summed E-state index contributed by atoms with van der Waals surface area (Å²) in [5.74, 6) is 0.717. The van der Waals surface area contributed by atoms with Gasteiger partial charge in [-0.1, -0.05) is 49.4 Å². The fourth-order valence-corrected chi connectivity index (χ4v) is 5.30. The molecule has 2 aromatic heterocycles. The Hall–Kier alpha value is -3.33. The van der Waals surface area contributed by atoms with Crippen LogP contribution >= 0.6 is 0 Å². The van der Waals surface area contributed by atoms with Crippen LogP contribution in [0, 0.1) is 0 Å². The molecule has 0 radical (unpaired) electrons. The third-order valence-corrected chi connectivity index (χ3v) is 7.52. The van der Waals surface area contributed by atoms with E-state index < -0.39 is 0 Å². The highest BCUT2D eigenvalue weighted by molar-refractivity contribution is 5.95. The second kappa shape index (κ2) is 8.47. The molecule has 0 unspecified atom stereocenters. The molecule has 2 fully saturated rings. The largest absolute Gasteiger partial charge is 0.330 e. The van der Waals surface area contributed by atoms with E-state index in [2.05, 4.69) is 88.8 Å². The molecule has 5 rings (SSSR count). The summed E-state index contributed by atoms with van der Waals surface area (Å²) in [5, 5.41) is 11.6. The summed E-state index contributed by atoms with van der Waals surface area (Å²) in [7, 11) is 4.31. The first-order valence-electron chi connectivity index (χ1n) is 11.9. The van der Waals surface area contributed by atoms with Crippen molar-refractivity contribution in [1.29, 1.82) is 0 Å². The smallest absolute Gasteiger partial charge is 0.322 e. The van der Waals surface area contributed by atoms with Gasteiger partial charge in [0.2, 0.25) is 0 Å². The van der Waals surface area contributed by atoms with E-state index in [1.54, 1.807) is 22.0 Å². The minimum Gasteiger partial charge on any atom is -0.330 e. The van der Waals surface area contributed by atoms with E-state index in [1.165, 1.54) is 5.56 Å². The second-order valence-electron chi connectivity index (χ2n) is 10.1. The van der Waals surface area contributed by atoms with Crippen LogP contribution in [-0.4, -0.2) is 62.1 Å². The fraction of sp³-hybridized carbons (Fsp3) is 0.480. The SMILES string of the molecule is CC(C)c1cn(-c2ncc(N3C[C@]4(CC[C@@](c5ccccc5)(N(C)C)CC4)NC3=O)cn2)nn1. The zero-order valence-electron chi connectivity index (χ0n) is 20.3. The first-order chi connectivity index (χ1) is 16.3. The Bertz CT molecular complexity index is 1150. The summed E-state index contributed by atoms with van der Waals surface area (Å²) in [6, 6.07) is 10.6. The lowest BCUT2D eigenvalue weighted by atomic mass is 9.69. The van der Waals surface area contributed by atoms with Crippen molar-refractivity contribution in [2.45, 2.75) is 56.5 Å². The number of rotatable bonds is 5. The summed E-state index contributed by atoms with van der Waals surface area (Å²) < 4.78 is 1.57. The van der Waals surface area contributed by atoms with E-state index in [9.17, 15) is 4.79 Å². The molecule has 2 amide bonds. The van der Waals surface area contributed by atoms with Gasteiger partial charge in [-0.15, -0.1) is 5.10 Å². The lowest BCUT2D eigenvalue weighted by Crippen LogP contribution is -2.54. The number of urea groups is 1. The molecule has 9 heteroatoms. The topological polar surface area (TPSA) is 92.1 Å². The number of anilines is 1. The van der Waals surface area contributed by atoms with E-state index in [1.807, 2.05) is 6.20 Å². The van der Waals surface area contributed by atoms with Gasteiger partial charge in [-0.3, -0.25) is 9.80 Å². The van der Waals surface area contributed by atoms with Crippen LogP contribution in [0.3, 0.4) is 0 Å². The van der Waals surface area contributed by atoms with Crippen LogP contribution in [-0.2, 0) is 5.54 Å². The highest BCUT2D eigenvalue weighted by Gasteiger charge is 2.50. The molecule has 3 aromatic rings. The Morgan fingerprint density at radius 3 is 2.29 bits per heavy atom. The number of aromatic nitrogens is 5. The van der Waals surface area contributed by atoms with Crippen LogP contribution in [0.25, 0.3) is 5.95 Å². The van der Waals surface area contributed by atoms with E-state index in [-0.39, 0.29) is 23.0 Å². The molecule has 1 aromatic carbocycles. The standard InChI is InChI=1S/C25H32N8O/c1-18(2)21-16-33(30-29-21)22-26-14-20(15-27-22)32-17-24(28-23(32)34)10-12-25(13-11-24,31(3)4)19-8-6-5-7-9-19/h5-9,14-16,18H,10-13,17H2,1-4H3,(H,28,34)/t24-,25-. The molecule has 1 saturated carbocycles. The summed E-state index contributed by atoms with van der Waals surface area (Å²) >= 11 is 0. The molecule has 1 saturated heterocycles. The molecular weight excluding hydrogens is 428 g/mol. The van der Waals surface area contributed by atoms with Gasteiger partial charge in [-0.05, 0) is 51.3 Å². The average molecular weight is 461 g/mol. The predicted molar refractivity (Wildman–Crippen MR) is 130 cm³/mol. The Labute approximate surface area is 200 Å². The van der Waals surface area contributed by atoms with Gasteiger partial charge in [0.15, 0.2) is 0 Å².